The first-order valence-corrected chi connectivity index (χ1v) is 4.57. The minimum Gasteiger partial charge on any atom is -0.368 e. The summed E-state index contributed by atoms with van der Waals surface area (Å²) < 4.78 is 11.4. The van der Waals surface area contributed by atoms with Crippen molar-refractivity contribution in [2.24, 2.45) is 0 Å². The standard InChI is InChI=1S/C9H17ClO2/c1-7(2)8(3,4)12-9(5,10)6-11-7/h6H2,1-5H3. The molecule has 0 aromatic carbocycles. The largest absolute Gasteiger partial charge is 0.368 e. The average Bonchev–Trinajstić information content (AvgIpc) is 1.79. The minimum atomic E-state index is -0.682. The topological polar surface area (TPSA) is 18.5 Å². The Morgan fingerprint density at radius 2 is 1.50 bits per heavy atom. The van der Waals surface area contributed by atoms with Crippen LogP contribution in [0.1, 0.15) is 34.6 Å². The molecule has 0 radical (unpaired) electrons. The Hall–Kier alpha value is 0.210. The Bertz CT molecular complexity index is 185. The fourth-order valence-electron chi connectivity index (χ4n) is 1.17. The van der Waals surface area contributed by atoms with E-state index >= 15 is 0 Å². The van der Waals surface area contributed by atoms with Gasteiger partial charge in [-0.05, 0) is 34.6 Å². The average molecular weight is 193 g/mol. The molecule has 1 rings (SSSR count). The summed E-state index contributed by atoms with van der Waals surface area (Å²) in [6.07, 6.45) is 0. The van der Waals surface area contributed by atoms with Crippen LogP contribution in [0.25, 0.3) is 0 Å². The second kappa shape index (κ2) is 2.60. The third-order valence-electron chi connectivity index (χ3n) is 2.61. The van der Waals surface area contributed by atoms with Gasteiger partial charge in [-0.1, -0.05) is 11.6 Å². The molecular weight excluding hydrogens is 176 g/mol. The van der Waals surface area contributed by atoms with Crippen LogP contribution >= 0.6 is 11.6 Å². The first-order chi connectivity index (χ1) is 5.16. The van der Waals surface area contributed by atoms with Crippen LogP contribution in [-0.2, 0) is 9.47 Å². The highest BCUT2D eigenvalue weighted by Gasteiger charge is 2.48. The summed E-state index contributed by atoms with van der Waals surface area (Å²) in [5.74, 6) is 0. The van der Waals surface area contributed by atoms with Crippen molar-refractivity contribution in [1.29, 1.82) is 0 Å². The third-order valence-corrected chi connectivity index (χ3v) is 2.79. The Labute approximate surface area is 79.2 Å². The maximum Gasteiger partial charge on any atom is 0.163 e. The first-order valence-electron chi connectivity index (χ1n) is 4.19. The van der Waals surface area contributed by atoms with E-state index in [-0.39, 0.29) is 11.2 Å². The number of ether oxygens (including phenoxy) is 2. The molecule has 1 saturated heterocycles. The highest BCUT2D eigenvalue weighted by molar-refractivity contribution is 6.22. The summed E-state index contributed by atoms with van der Waals surface area (Å²) in [5, 5.41) is -0.682. The molecule has 1 atom stereocenters. The van der Waals surface area contributed by atoms with Gasteiger partial charge in [0, 0.05) is 0 Å². The van der Waals surface area contributed by atoms with Crippen molar-refractivity contribution in [1.82, 2.24) is 0 Å². The first kappa shape index (κ1) is 10.3. The molecule has 0 spiro atoms. The zero-order chi connectivity index (χ0) is 9.62. The van der Waals surface area contributed by atoms with Crippen molar-refractivity contribution in [3.63, 3.8) is 0 Å². The molecule has 72 valence electrons. The second-order valence-electron chi connectivity index (χ2n) is 4.51. The zero-order valence-electron chi connectivity index (χ0n) is 8.40. The smallest absolute Gasteiger partial charge is 0.163 e. The molecule has 1 heterocycles. The quantitative estimate of drug-likeness (QED) is 0.550. The lowest BCUT2D eigenvalue weighted by molar-refractivity contribution is -0.272. The van der Waals surface area contributed by atoms with E-state index in [2.05, 4.69) is 0 Å². The van der Waals surface area contributed by atoms with Crippen LogP contribution in [0.5, 0.6) is 0 Å². The van der Waals surface area contributed by atoms with Gasteiger partial charge in [0.05, 0.1) is 17.8 Å². The van der Waals surface area contributed by atoms with Crippen LogP contribution in [0.4, 0.5) is 0 Å². The van der Waals surface area contributed by atoms with E-state index < -0.39 is 5.06 Å². The van der Waals surface area contributed by atoms with Gasteiger partial charge < -0.3 is 9.47 Å². The summed E-state index contributed by atoms with van der Waals surface area (Å²) in [7, 11) is 0. The van der Waals surface area contributed by atoms with Gasteiger partial charge in [-0.25, -0.2) is 0 Å². The van der Waals surface area contributed by atoms with Gasteiger partial charge in [0.15, 0.2) is 5.06 Å². The van der Waals surface area contributed by atoms with E-state index in [1.54, 1.807) is 0 Å². The van der Waals surface area contributed by atoms with Gasteiger partial charge in [-0.15, -0.1) is 0 Å². The lowest BCUT2D eigenvalue weighted by atomic mass is 9.87. The van der Waals surface area contributed by atoms with E-state index in [1.807, 2.05) is 34.6 Å². The molecular formula is C9H17ClO2. The molecule has 3 heteroatoms. The van der Waals surface area contributed by atoms with Gasteiger partial charge in [0.25, 0.3) is 0 Å². The van der Waals surface area contributed by atoms with Crippen LogP contribution in [0.3, 0.4) is 0 Å². The molecule has 2 nitrogen and oxygen atoms in total. The number of rotatable bonds is 0. The lowest BCUT2D eigenvalue weighted by Crippen LogP contribution is -2.59. The van der Waals surface area contributed by atoms with Gasteiger partial charge in [0.1, 0.15) is 0 Å². The van der Waals surface area contributed by atoms with Gasteiger partial charge in [-0.2, -0.15) is 0 Å². The molecule has 1 aliphatic rings. The summed E-state index contributed by atoms with van der Waals surface area (Å²) in [6.45, 7) is 10.3. The Morgan fingerprint density at radius 3 is 1.83 bits per heavy atom. The minimum absolute atomic E-state index is 0.276. The summed E-state index contributed by atoms with van der Waals surface area (Å²) in [5.41, 5.74) is -0.622. The number of hydrogen-bond acceptors (Lipinski definition) is 2. The predicted molar refractivity (Wildman–Crippen MR) is 49.5 cm³/mol. The van der Waals surface area contributed by atoms with Crippen LogP contribution in [0, 0.1) is 0 Å². The molecule has 1 unspecified atom stereocenters. The van der Waals surface area contributed by atoms with Gasteiger partial charge >= 0.3 is 0 Å². The molecule has 0 amide bonds. The molecule has 1 fully saturated rings. The highest BCUT2D eigenvalue weighted by atomic mass is 35.5. The van der Waals surface area contributed by atoms with Gasteiger partial charge in [0.2, 0.25) is 0 Å². The Kier molecular flexibility index (Phi) is 2.23. The van der Waals surface area contributed by atoms with Crippen LogP contribution in [0.15, 0.2) is 0 Å². The van der Waals surface area contributed by atoms with E-state index in [0.717, 1.165) is 0 Å². The highest BCUT2D eigenvalue weighted by Crippen LogP contribution is 2.39. The Morgan fingerprint density at radius 1 is 1.00 bits per heavy atom. The van der Waals surface area contributed by atoms with E-state index in [9.17, 15) is 0 Å². The fourth-order valence-corrected chi connectivity index (χ4v) is 1.41. The van der Waals surface area contributed by atoms with Crippen LogP contribution in [0.2, 0.25) is 0 Å². The maximum atomic E-state index is 6.04. The molecule has 0 bridgehead atoms. The summed E-state index contributed by atoms with van der Waals surface area (Å²) in [4.78, 5) is 0. The van der Waals surface area contributed by atoms with E-state index in [4.69, 9.17) is 21.1 Å². The normalized spacial score (nSPS) is 39.5. The van der Waals surface area contributed by atoms with Gasteiger partial charge in [-0.3, -0.25) is 0 Å². The molecule has 0 aromatic rings. The summed E-state index contributed by atoms with van der Waals surface area (Å²) >= 11 is 6.04. The lowest BCUT2D eigenvalue weighted by Gasteiger charge is -2.50. The van der Waals surface area contributed by atoms with Crippen molar-refractivity contribution in [2.75, 3.05) is 6.61 Å². The molecule has 0 aliphatic carbocycles. The van der Waals surface area contributed by atoms with E-state index in [0.29, 0.717) is 6.61 Å². The monoisotopic (exact) mass is 192 g/mol. The van der Waals surface area contributed by atoms with Crippen molar-refractivity contribution in [3.8, 4) is 0 Å². The molecule has 1 aliphatic heterocycles. The fraction of sp³-hybridized carbons (Fsp3) is 1.00. The van der Waals surface area contributed by atoms with Crippen LogP contribution in [-0.4, -0.2) is 22.9 Å². The number of halogens is 1. The number of alkyl halides is 1. The SMILES string of the molecule is CC1(Cl)COC(C)(C)C(C)(C)O1. The molecule has 0 N–H and O–H groups in total. The predicted octanol–water partition coefficient (Wildman–Crippen LogP) is 2.55. The van der Waals surface area contributed by atoms with Crippen molar-refractivity contribution in [3.05, 3.63) is 0 Å². The third kappa shape index (κ3) is 1.76. The zero-order valence-corrected chi connectivity index (χ0v) is 9.16. The van der Waals surface area contributed by atoms with Crippen molar-refractivity contribution in [2.45, 2.75) is 50.9 Å². The van der Waals surface area contributed by atoms with Crippen molar-refractivity contribution < 1.29 is 9.47 Å². The molecule has 12 heavy (non-hydrogen) atoms. The van der Waals surface area contributed by atoms with Crippen molar-refractivity contribution >= 4 is 11.6 Å². The maximum absolute atomic E-state index is 6.04. The van der Waals surface area contributed by atoms with Crippen LogP contribution < -0.4 is 0 Å². The van der Waals surface area contributed by atoms with E-state index in [1.165, 1.54) is 0 Å². The number of hydrogen-bond donors (Lipinski definition) is 0. The molecule has 0 aromatic heterocycles. The summed E-state index contributed by atoms with van der Waals surface area (Å²) in [6, 6.07) is 0. The second-order valence-corrected chi connectivity index (χ2v) is 5.31. The molecule has 0 saturated carbocycles. The Balaban J connectivity index is 2.82.